The van der Waals surface area contributed by atoms with Crippen LogP contribution in [0.3, 0.4) is 0 Å². The van der Waals surface area contributed by atoms with Gasteiger partial charge in [0.1, 0.15) is 16.3 Å². The summed E-state index contributed by atoms with van der Waals surface area (Å²) < 4.78 is 38.8. The molecule has 0 atom stereocenters. The summed E-state index contributed by atoms with van der Waals surface area (Å²) in [5.41, 5.74) is -0.317. The van der Waals surface area contributed by atoms with Crippen LogP contribution >= 0.6 is 34.5 Å². The molecule has 11 heteroatoms. The highest BCUT2D eigenvalue weighted by Crippen LogP contribution is 2.35. The van der Waals surface area contributed by atoms with E-state index in [2.05, 4.69) is 9.97 Å². The Morgan fingerprint density at radius 3 is 2.50 bits per heavy atom. The van der Waals surface area contributed by atoms with E-state index in [0.29, 0.717) is 57.9 Å². The third-order valence-electron chi connectivity index (χ3n) is 4.94. The summed E-state index contributed by atoms with van der Waals surface area (Å²) >= 11 is 13.1. The average Bonchev–Trinajstić information content (AvgIpc) is 3.03. The zero-order valence-corrected chi connectivity index (χ0v) is 18.0. The van der Waals surface area contributed by atoms with Gasteiger partial charge in [0.25, 0.3) is 5.91 Å². The van der Waals surface area contributed by atoms with E-state index in [0.717, 1.165) is 17.4 Å². The minimum Gasteiger partial charge on any atom is -0.352 e. The largest absolute Gasteiger partial charge is 0.433 e. The Balaban J connectivity index is 1.53. The minimum atomic E-state index is -4.52. The van der Waals surface area contributed by atoms with E-state index in [1.54, 1.807) is 17.9 Å². The number of thiophene rings is 1. The first-order chi connectivity index (χ1) is 14.1. The van der Waals surface area contributed by atoms with E-state index in [4.69, 9.17) is 23.2 Å². The highest BCUT2D eigenvalue weighted by atomic mass is 35.5. The van der Waals surface area contributed by atoms with Gasteiger partial charge in [0.15, 0.2) is 0 Å². The number of pyridine rings is 2. The predicted octanol–water partition coefficient (Wildman–Crippen LogP) is 5.29. The number of hydrogen-bond donors (Lipinski definition) is 0. The minimum absolute atomic E-state index is 0.209. The molecule has 0 aliphatic carbocycles. The predicted molar refractivity (Wildman–Crippen MR) is 112 cm³/mol. The number of amides is 1. The lowest BCUT2D eigenvalue weighted by atomic mass is 10.1. The van der Waals surface area contributed by atoms with Gasteiger partial charge in [-0.15, -0.1) is 11.3 Å². The molecule has 1 fully saturated rings. The molecule has 0 saturated carbocycles. The second-order valence-corrected chi connectivity index (χ2v) is 8.68. The number of carbonyl (C=O) groups excluding carboxylic acids is 1. The topological polar surface area (TPSA) is 49.3 Å². The van der Waals surface area contributed by atoms with Crippen LogP contribution in [0.4, 0.5) is 19.0 Å². The SMILES string of the molecule is Cc1c(C(=O)N2CCN(c3ncc(Cl)cc3Cl)CC2)sc2nc(C(F)(F)F)ccc12. The van der Waals surface area contributed by atoms with Gasteiger partial charge in [0.2, 0.25) is 0 Å². The van der Waals surface area contributed by atoms with E-state index < -0.39 is 11.9 Å². The summed E-state index contributed by atoms with van der Waals surface area (Å²) in [7, 11) is 0. The normalized spacial score (nSPS) is 15.1. The molecule has 3 aromatic heterocycles. The Bertz CT molecular complexity index is 1130. The maximum Gasteiger partial charge on any atom is 0.433 e. The van der Waals surface area contributed by atoms with Crippen LogP contribution in [0, 0.1) is 6.92 Å². The van der Waals surface area contributed by atoms with Crippen molar-refractivity contribution in [3.63, 3.8) is 0 Å². The smallest absolute Gasteiger partial charge is 0.352 e. The number of fused-ring (bicyclic) bond motifs is 1. The first kappa shape index (κ1) is 21.1. The van der Waals surface area contributed by atoms with Crippen LogP contribution in [0.5, 0.6) is 0 Å². The molecule has 0 spiro atoms. The molecular weight excluding hydrogens is 460 g/mol. The first-order valence-electron chi connectivity index (χ1n) is 8.98. The van der Waals surface area contributed by atoms with Gasteiger partial charge in [0, 0.05) is 37.8 Å². The maximum atomic E-state index is 13.0. The van der Waals surface area contributed by atoms with Crippen LogP contribution in [0.15, 0.2) is 24.4 Å². The molecule has 30 heavy (non-hydrogen) atoms. The van der Waals surface area contributed by atoms with Crippen molar-refractivity contribution in [3.8, 4) is 0 Å². The van der Waals surface area contributed by atoms with E-state index in [9.17, 15) is 18.0 Å². The molecule has 1 saturated heterocycles. The zero-order valence-electron chi connectivity index (χ0n) is 15.6. The summed E-state index contributed by atoms with van der Waals surface area (Å²) in [6.45, 7) is 3.67. The van der Waals surface area contributed by atoms with E-state index in [1.807, 2.05) is 4.90 Å². The number of nitrogens with zero attached hydrogens (tertiary/aromatic N) is 4. The van der Waals surface area contributed by atoms with Crippen LogP contribution in [-0.2, 0) is 6.18 Å². The molecule has 4 rings (SSSR count). The highest BCUT2D eigenvalue weighted by Gasteiger charge is 2.33. The lowest BCUT2D eigenvalue weighted by Crippen LogP contribution is -2.49. The first-order valence-corrected chi connectivity index (χ1v) is 10.5. The summed E-state index contributed by atoms with van der Waals surface area (Å²) in [5, 5.41) is 1.45. The molecule has 3 aromatic rings. The van der Waals surface area contributed by atoms with Gasteiger partial charge >= 0.3 is 6.18 Å². The number of aryl methyl sites for hydroxylation is 1. The molecule has 1 aliphatic rings. The van der Waals surface area contributed by atoms with Crippen molar-refractivity contribution in [2.24, 2.45) is 0 Å². The van der Waals surface area contributed by atoms with Gasteiger partial charge in [-0.2, -0.15) is 13.2 Å². The van der Waals surface area contributed by atoms with Crippen LogP contribution < -0.4 is 4.90 Å². The Kier molecular flexibility index (Phi) is 5.54. The maximum absolute atomic E-state index is 13.0. The van der Waals surface area contributed by atoms with Gasteiger partial charge in [-0.1, -0.05) is 23.2 Å². The number of rotatable bonds is 2. The number of carbonyl (C=O) groups is 1. The number of aromatic nitrogens is 2. The lowest BCUT2D eigenvalue weighted by Gasteiger charge is -2.35. The second kappa shape index (κ2) is 7.86. The Morgan fingerprint density at radius 1 is 1.17 bits per heavy atom. The van der Waals surface area contributed by atoms with Crippen molar-refractivity contribution >= 4 is 56.5 Å². The van der Waals surface area contributed by atoms with Crippen molar-refractivity contribution in [1.29, 1.82) is 0 Å². The quantitative estimate of drug-likeness (QED) is 0.506. The monoisotopic (exact) mass is 474 g/mol. The van der Waals surface area contributed by atoms with Crippen molar-refractivity contribution < 1.29 is 18.0 Å². The molecule has 0 N–H and O–H groups in total. The average molecular weight is 475 g/mol. The van der Waals surface area contributed by atoms with Crippen molar-refractivity contribution in [2.45, 2.75) is 13.1 Å². The third kappa shape index (κ3) is 3.93. The third-order valence-corrected chi connectivity index (χ3v) is 6.62. The molecule has 1 aliphatic heterocycles. The van der Waals surface area contributed by atoms with E-state index >= 15 is 0 Å². The van der Waals surface area contributed by atoms with Gasteiger partial charge in [0.05, 0.1) is 14.9 Å². The molecular formula is C19H15Cl2F3N4OS. The molecule has 158 valence electrons. The fourth-order valence-electron chi connectivity index (χ4n) is 3.37. The molecule has 5 nitrogen and oxygen atoms in total. The molecule has 0 aromatic carbocycles. The van der Waals surface area contributed by atoms with Gasteiger partial charge in [-0.3, -0.25) is 4.79 Å². The zero-order chi connectivity index (χ0) is 21.6. The van der Waals surface area contributed by atoms with Gasteiger partial charge < -0.3 is 9.80 Å². The van der Waals surface area contributed by atoms with Crippen molar-refractivity contribution in [1.82, 2.24) is 14.9 Å². The van der Waals surface area contributed by atoms with Crippen molar-refractivity contribution in [2.75, 3.05) is 31.1 Å². The molecule has 0 bridgehead atoms. The number of alkyl halides is 3. The molecule has 4 heterocycles. The molecule has 1 amide bonds. The number of anilines is 1. The summed E-state index contributed by atoms with van der Waals surface area (Å²) in [5.74, 6) is 0.397. The van der Waals surface area contributed by atoms with Crippen LogP contribution in [0.25, 0.3) is 10.2 Å². The summed E-state index contributed by atoms with van der Waals surface area (Å²) in [6.07, 6.45) is -3.01. The van der Waals surface area contributed by atoms with Gasteiger partial charge in [-0.25, -0.2) is 9.97 Å². The molecule has 0 radical (unpaired) electrons. The second-order valence-electron chi connectivity index (χ2n) is 6.84. The Hall–Kier alpha value is -2.10. The van der Waals surface area contributed by atoms with Crippen LogP contribution in [0.1, 0.15) is 20.9 Å². The highest BCUT2D eigenvalue weighted by molar-refractivity contribution is 7.20. The summed E-state index contributed by atoms with van der Waals surface area (Å²) in [4.78, 5) is 25.3. The Morgan fingerprint density at radius 2 is 1.87 bits per heavy atom. The number of hydrogen-bond acceptors (Lipinski definition) is 5. The standard InChI is InChI=1S/C19H15Cl2F3N4OS/c1-10-12-2-3-14(19(22,23)24)26-17(12)30-15(10)18(29)28-6-4-27(5-7-28)16-13(21)8-11(20)9-25-16/h2-3,8-9H,4-7H2,1H3. The van der Waals surface area contributed by atoms with Crippen molar-refractivity contribution in [3.05, 3.63) is 50.6 Å². The Labute approximate surface area is 184 Å². The van der Waals surface area contributed by atoms with E-state index in [1.165, 1.54) is 12.3 Å². The fourth-order valence-corrected chi connectivity index (χ4v) is 5.01. The number of halogens is 5. The fraction of sp³-hybridized carbons (Fsp3) is 0.316. The lowest BCUT2D eigenvalue weighted by molar-refractivity contribution is -0.140. The summed E-state index contributed by atoms with van der Waals surface area (Å²) in [6, 6.07) is 3.93. The van der Waals surface area contributed by atoms with E-state index in [-0.39, 0.29) is 10.7 Å². The van der Waals surface area contributed by atoms with Crippen LogP contribution in [-0.4, -0.2) is 47.0 Å². The number of piperazine rings is 1. The molecule has 0 unspecified atom stereocenters. The van der Waals surface area contributed by atoms with Crippen LogP contribution in [0.2, 0.25) is 10.0 Å². The van der Waals surface area contributed by atoms with Gasteiger partial charge in [-0.05, 0) is 30.7 Å².